The molecule has 1 atom stereocenters. The number of aryl methyl sites for hydroxylation is 1. The van der Waals surface area contributed by atoms with Crippen LogP contribution in [0.25, 0.3) is 0 Å². The number of aliphatic imine (C=N–C) groups is 1. The number of carbonyl (C=O) groups is 1. The van der Waals surface area contributed by atoms with Crippen molar-refractivity contribution in [1.29, 1.82) is 0 Å². The van der Waals surface area contributed by atoms with E-state index >= 15 is 0 Å². The maximum absolute atomic E-state index is 11.7. The predicted octanol–water partition coefficient (Wildman–Crippen LogP) is 3.12. The van der Waals surface area contributed by atoms with Gasteiger partial charge < -0.3 is 19.8 Å². The summed E-state index contributed by atoms with van der Waals surface area (Å²) in [5.74, 6) is 1.47. The number of furan rings is 1. The molecule has 158 valence electrons. The second-order valence-corrected chi connectivity index (χ2v) is 6.63. The van der Waals surface area contributed by atoms with E-state index in [-0.39, 0.29) is 6.04 Å². The minimum atomic E-state index is -0.398. The minimum absolute atomic E-state index is 0.238. The number of methoxy groups -OCH3 is 1. The van der Waals surface area contributed by atoms with E-state index in [1.165, 1.54) is 12.7 Å². The lowest BCUT2D eigenvalue weighted by Crippen LogP contribution is -2.43. The van der Waals surface area contributed by atoms with Gasteiger partial charge in [-0.15, -0.1) is 0 Å². The van der Waals surface area contributed by atoms with Crippen LogP contribution in [0.1, 0.15) is 47.3 Å². The fourth-order valence-electron chi connectivity index (χ4n) is 3.33. The van der Waals surface area contributed by atoms with Gasteiger partial charge in [-0.3, -0.25) is 9.89 Å². The van der Waals surface area contributed by atoms with E-state index in [1.807, 2.05) is 6.07 Å². The van der Waals surface area contributed by atoms with Crippen LogP contribution in [0.15, 0.2) is 45.8 Å². The molecule has 1 aromatic carbocycles. The number of guanidine groups is 1. The fraction of sp³-hybridized carbons (Fsp3) is 0.455. The van der Waals surface area contributed by atoms with Gasteiger partial charge in [0.25, 0.3) is 0 Å². The summed E-state index contributed by atoms with van der Waals surface area (Å²) >= 11 is 0. The van der Waals surface area contributed by atoms with Crippen LogP contribution in [0.5, 0.6) is 0 Å². The third kappa shape index (κ3) is 6.09. The van der Waals surface area contributed by atoms with Crippen molar-refractivity contribution in [3.8, 4) is 0 Å². The molecule has 0 spiro atoms. The van der Waals surface area contributed by atoms with Crippen molar-refractivity contribution in [2.75, 3.05) is 33.8 Å². The first-order valence-corrected chi connectivity index (χ1v) is 9.95. The van der Waals surface area contributed by atoms with E-state index in [9.17, 15) is 4.79 Å². The van der Waals surface area contributed by atoms with E-state index < -0.39 is 5.97 Å². The topological polar surface area (TPSA) is 79.1 Å². The van der Waals surface area contributed by atoms with Crippen molar-refractivity contribution in [1.82, 2.24) is 15.5 Å². The van der Waals surface area contributed by atoms with Crippen LogP contribution in [0, 0.1) is 6.92 Å². The number of hydrogen-bond donors (Lipinski definition) is 2. The third-order valence-electron chi connectivity index (χ3n) is 4.93. The van der Waals surface area contributed by atoms with Gasteiger partial charge in [0.05, 0.1) is 19.7 Å². The Bertz CT molecular complexity index is 798. The second-order valence-electron chi connectivity index (χ2n) is 6.63. The van der Waals surface area contributed by atoms with Crippen molar-refractivity contribution in [3.63, 3.8) is 0 Å². The van der Waals surface area contributed by atoms with Crippen LogP contribution in [0.4, 0.5) is 0 Å². The molecule has 0 bridgehead atoms. The molecule has 0 amide bonds. The summed E-state index contributed by atoms with van der Waals surface area (Å²) in [7, 11) is 3.09. The SMILES string of the molecule is CCN(CC)C(CNC(=NC)NCc1cc(C(=O)OC)c(C)o1)c1ccccc1. The number of carbonyl (C=O) groups excluding carboxylic acids is 1. The fourth-order valence-corrected chi connectivity index (χ4v) is 3.33. The van der Waals surface area contributed by atoms with E-state index in [1.54, 1.807) is 20.0 Å². The molecule has 0 saturated heterocycles. The number of nitrogens with one attached hydrogen (secondary N) is 2. The number of rotatable bonds is 9. The lowest BCUT2D eigenvalue weighted by atomic mass is 10.1. The van der Waals surface area contributed by atoms with Gasteiger partial charge in [-0.25, -0.2) is 4.79 Å². The Morgan fingerprint density at radius 3 is 2.48 bits per heavy atom. The summed E-state index contributed by atoms with van der Waals surface area (Å²) in [6, 6.07) is 12.4. The number of nitrogens with zero attached hydrogens (tertiary/aromatic N) is 2. The van der Waals surface area contributed by atoms with Gasteiger partial charge in [0.1, 0.15) is 17.1 Å². The van der Waals surface area contributed by atoms with Gasteiger partial charge in [-0.05, 0) is 31.6 Å². The highest BCUT2D eigenvalue weighted by atomic mass is 16.5. The summed E-state index contributed by atoms with van der Waals surface area (Å²) in [5, 5.41) is 6.65. The minimum Gasteiger partial charge on any atom is -0.465 e. The first-order valence-electron chi connectivity index (χ1n) is 9.95. The number of hydrogen-bond acceptors (Lipinski definition) is 5. The second kappa shape index (κ2) is 11.3. The molecule has 0 radical (unpaired) electrons. The largest absolute Gasteiger partial charge is 0.465 e. The Kier molecular flexibility index (Phi) is 8.73. The zero-order chi connectivity index (χ0) is 21.2. The van der Waals surface area contributed by atoms with Gasteiger partial charge in [-0.2, -0.15) is 0 Å². The summed E-state index contributed by atoms with van der Waals surface area (Å²) in [6.07, 6.45) is 0. The molecule has 2 N–H and O–H groups in total. The Morgan fingerprint density at radius 2 is 1.90 bits per heavy atom. The van der Waals surface area contributed by atoms with Crippen molar-refractivity contribution < 1.29 is 13.9 Å². The summed E-state index contributed by atoms with van der Waals surface area (Å²) in [5.41, 5.74) is 1.71. The average molecular weight is 401 g/mol. The molecule has 0 fully saturated rings. The van der Waals surface area contributed by atoms with Gasteiger partial charge in [0.2, 0.25) is 0 Å². The smallest absolute Gasteiger partial charge is 0.341 e. The number of benzene rings is 1. The van der Waals surface area contributed by atoms with Crippen molar-refractivity contribution in [2.45, 2.75) is 33.4 Å². The van der Waals surface area contributed by atoms with Gasteiger partial charge >= 0.3 is 5.97 Å². The Hall–Kier alpha value is -2.80. The van der Waals surface area contributed by atoms with Crippen molar-refractivity contribution in [2.24, 2.45) is 4.99 Å². The summed E-state index contributed by atoms with van der Waals surface area (Å²) < 4.78 is 10.4. The molecule has 0 aliphatic rings. The molecule has 2 rings (SSSR count). The highest BCUT2D eigenvalue weighted by Gasteiger charge is 2.19. The zero-order valence-electron chi connectivity index (χ0n) is 18.0. The predicted molar refractivity (Wildman–Crippen MR) is 115 cm³/mol. The number of likely N-dealkylation sites (N-methyl/N-ethyl adjacent to an activating group) is 1. The Morgan fingerprint density at radius 1 is 1.21 bits per heavy atom. The van der Waals surface area contributed by atoms with Crippen LogP contribution >= 0.6 is 0 Å². The average Bonchev–Trinajstić information content (AvgIpc) is 3.13. The van der Waals surface area contributed by atoms with E-state index in [2.05, 4.69) is 58.6 Å². The lowest BCUT2D eigenvalue weighted by molar-refractivity contribution is 0.0599. The van der Waals surface area contributed by atoms with Gasteiger partial charge in [0, 0.05) is 13.6 Å². The molecule has 1 unspecified atom stereocenters. The highest BCUT2D eigenvalue weighted by Crippen LogP contribution is 2.19. The van der Waals surface area contributed by atoms with Gasteiger partial charge in [-0.1, -0.05) is 44.2 Å². The van der Waals surface area contributed by atoms with E-state index in [4.69, 9.17) is 9.15 Å². The molecule has 7 nitrogen and oxygen atoms in total. The van der Waals surface area contributed by atoms with Crippen molar-refractivity contribution >= 4 is 11.9 Å². The van der Waals surface area contributed by atoms with E-state index in [0.29, 0.717) is 29.6 Å². The van der Waals surface area contributed by atoms with Crippen LogP contribution < -0.4 is 10.6 Å². The molecular weight excluding hydrogens is 368 g/mol. The number of esters is 1. The van der Waals surface area contributed by atoms with Crippen molar-refractivity contribution in [3.05, 3.63) is 59.0 Å². The Balaban J connectivity index is 2.00. The monoisotopic (exact) mass is 400 g/mol. The van der Waals surface area contributed by atoms with Crippen LogP contribution in [-0.2, 0) is 11.3 Å². The normalized spacial score (nSPS) is 12.7. The van der Waals surface area contributed by atoms with E-state index in [0.717, 1.165) is 19.6 Å². The quantitative estimate of drug-likeness (QED) is 0.383. The molecule has 0 aliphatic carbocycles. The first kappa shape index (κ1) is 22.5. The Labute approximate surface area is 173 Å². The molecular formula is C22H32N4O3. The van der Waals surface area contributed by atoms with Gasteiger partial charge in [0.15, 0.2) is 5.96 Å². The summed E-state index contributed by atoms with van der Waals surface area (Å²) in [6.45, 7) is 9.15. The lowest BCUT2D eigenvalue weighted by Gasteiger charge is -2.30. The van der Waals surface area contributed by atoms with Crippen LogP contribution in [0.3, 0.4) is 0 Å². The molecule has 7 heteroatoms. The highest BCUT2D eigenvalue weighted by molar-refractivity contribution is 5.90. The third-order valence-corrected chi connectivity index (χ3v) is 4.93. The molecule has 0 aliphatic heterocycles. The maximum Gasteiger partial charge on any atom is 0.341 e. The number of ether oxygens (including phenoxy) is 1. The summed E-state index contributed by atoms with van der Waals surface area (Å²) in [4.78, 5) is 18.4. The molecule has 0 saturated carbocycles. The molecule has 1 heterocycles. The standard InChI is InChI=1S/C22H32N4O3/c1-6-26(7-2)20(17-11-9-8-10-12-17)15-25-22(23-4)24-14-18-13-19(16(3)29-18)21(27)28-5/h8-13,20H,6-7,14-15H2,1-5H3,(H2,23,24,25). The van der Waals surface area contributed by atoms with Crippen LogP contribution in [0.2, 0.25) is 0 Å². The van der Waals surface area contributed by atoms with Crippen LogP contribution in [-0.4, -0.2) is 50.6 Å². The first-order chi connectivity index (χ1) is 14.0. The maximum atomic E-state index is 11.7. The molecule has 1 aromatic heterocycles. The molecule has 2 aromatic rings. The molecule has 29 heavy (non-hydrogen) atoms. The zero-order valence-corrected chi connectivity index (χ0v) is 18.0.